The van der Waals surface area contributed by atoms with Crippen molar-refractivity contribution in [3.05, 3.63) is 53.6 Å². The van der Waals surface area contributed by atoms with E-state index in [1.54, 1.807) is 24.3 Å². The van der Waals surface area contributed by atoms with E-state index in [4.69, 9.17) is 4.74 Å². The van der Waals surface area contributed by atoms with Crippen LogP contribution in [0.2, 0.25) is 0 Å². The Kier molecular flexibility index (Phi) is 6.82. The number of carbonyl (C=O) groups excluding carboxylic acids is 1. The molecule has 0 saturated heterocycles. The molecule has 6 heteroatoms. The lowest BCUT2D eigenvalue weighted by molar-refractivity contribution is -0.118. The van der Waals surface area contributed by atoms with E-state index in [0.29, 0.717) is 34.0 Å². The maximum Gasteiger partial charge on any atom is 0.288 e. The number of thioether (sulfide) groups is 1. The van der Waals surface area contributed by atoms with Crippen LogP contribution in [0.3, 0.4) is 0 Å². The van der Waals surface area contributed by atoms with Crippen molar-refractivity contribution in [2.24, 2.45) is 0 Å². The predicted octanol–water partition coefficient (Wildman–Crippen LogP) is 5.45. The van der Waals surface area contributed by atoms with E-state index in [9.17, 15) is 13.6 Å². The van der Waals surface area contributed by atoms with Crippen molar-refractivity contribution in [1.29, 1.82) is 0 Å². The number of halogens is 2. The number of hydrogen-bond donors (Lipinski definition) is 1. The molecule has 0 atom stereocenters. The van der Waals surface area contributed by atoms with E-state index in [1.165, 1.54) is 5.56 Å². The van der Waals surface area contributed by atoms with E-state index in [1.807, 2.05) is 25.1 Å². The minimum Gasteiger partial charge on any atom is -0.484 e. The zero-order chi connectivity index (χ0) is 18.4. The average Bonchev–Trinajstić information content (AvgIpc) is 2.54. The number of ether oxygens (including phenoxy) is 1. The first kappa shape index (κ1) is 19.2. The highest BCUT2D eigenvalue weighted by Crippen LogP contribution is 2.26. The molecule has 2 aromatic carbocycles. The van der Waals surface area contributed by atoms with Gasteiger partial charge in [0.1, 0.15) is 5.75 Å². The number of hydrogen-bond acceptors (Lipinski definition) is 3. The molecule has 0 aliphatic carbocycles. The first-order valence-corrected chi connectivity index (χ1v) is 8.81. The highest BCUT2D eigenvalue weighted by molar-refractivity contribution is 7.99. The van der Waals surface area contributed by atoms with Crippen molar-refractivity contribution in [2.45, 2.75) is 37.3 Å². The van der Waals surface area contributed by atoms with Gasteiger partial charge >= 0.3 is 0 Å². The Hall–Kier alpha value is -2.08. The normalized spacial score (nSPS) is 11.0. The summed E-state index contributed by atoms with van der Waals surface area (Å²) in [7, 11) is 0. The lowest BCUT2D eigenvalue weighted by Crippen LogP contribution is -2.20. The molecule has 0 saturated carbocycles. The smallest absolute Gasteiger partial charge is 0.288 e. The van der Waals surface area contributed by atoms with E-state index < -0.39 is 5.76 Å². The number of amides is 1. The molecule has 0 spiro atoms. The molecule has 2 aromatic rings. The fraction of sp³-hybridized carbons (Fsp3) is 0.316. The Morgan fingerprint density at radius 3 is 2.40 bits per heavy atom. The topological polar surface area (TPSA) is 38.3 Å². The van der Waals surface area contributed by atoms with Crippen molar-refractivity contribution < 1.29 is 18.3 Å². The first-order valence-electron chi connectivity index (χ1n) is 7.93. The Bertz CT molecular complexity index is 718. The maximum absolute atomic E-state index is 12.3. The van der Waals surface area contributed by atoms with Gasteiger partial charge in [-0.3, -0.25) is 4.79 Å². The van der Waals surface area contributed by atoms with Gasteiger partial charge in [-0.05, 0) is 60.4 Å². The number of benzene rings is 2. The van der Waals surface area contributed by atoms with Crippen LogP contribution in [0.1, 0.15) is 30.9 Å². The standard InChI is InChI=1S/C19H21F2NO2S/c1-12(2)17-9-6-15(10-13(17)3)24-11-18(23)22-14-4-7-16(8-5-14)25-19(20)21/h4-10,12,19H,11H2,1-3H3,(H,22,23). The van der Waals surface area contributed by atoms with Crippen LogP contribution in [-0.4, -0.2) is 18.3 Å². The van der Waals surface area contributed by atoms with Crippen LogP contribution in [0.4, 0.5) is 14.5 Å². The lowest BCUT2D eigenvalue weighted by Gasteiger charge is -2.12. The van der Waals surface area contributed by atoms with Gasteiger partial charge in [-0.25, -0.2) is 0 Å². The minimum atomic E-state index is -2.46. The van der Waals surface area contributed by atoms with Gasteiger partial charge < -0.3 is 10.1 Å². The molecular weight excluding hydrogens is 344 g/mol. The van der Waals surface area contributed by atoms with Gasteiger partial charge in [0.25, 0.3) is 11.7 Å². The third kappa shape index (κ3) is 6.05. The molecule has 0 unspecified atom stereocenters. The van der Waals surface area contributed by atoms with E-state index >= 15 is 0 Å². The summed E-state index contributed by atoms with van der Waals surface area (Å²) in [5, 5.41) is 2.68. The highest BCUT2D eigenvalue weighted by atomic mass is 32.2. The summed E-state index contributed by atoms with van der Waals surface area (Å²) in [6.45, 7) is 6.15. The number of carbonyl (C=O) groups is 1. The van der Waals surface area contributed by atoms with Gasteiger partial charge in [-0.1, -0.05) is 31.7 Å². The molecule has 1 amide bonds. The molecule has 25 heavy (non-hydrogen) atoms. The number of aryl methyl sites for hydroxylation is 1. The largest absolute Gasteiger partial charge is 0.484 e. The Morgan fingerprint density at radius 1 is 1.16 bits per heavy atom. The fourth-order valence-electron chi connectivity index (χ4n) is 2.45. The van der Waals surface area contributed by atoms with Gasteiger partial charge in [-0.15, -0.1) is 0 Å². The van der Waals surface area contributed by atoms with E-state index in [0.717, 1.165) is 5.56 Å². The summed E-state index contributed by atoms with van der Waals surface area (Å²) in [6, 6.07) is 12.0. The van der Waals surface area contributed by atoms with Crippen LogP contribution in [0.25, 0.3) is 0 Å². The van der Waals surface area contributed by atoms with Crippen molar-refractivity contribution in [3.63, 3.8) is 0 Å². The van der Waals surface area contributed by atoms with Gasteiger partial charge in [0, 0.05) is 10.6 Å². The molecule has 0 fully saturated rings. The SMILES string of the molecule is Cc1cc(OCC(=O)Nc2ccc(SC(F)F)cc2)ccc1C(C)C. The van der Waals surface area contributed by atoms with Crippen LogP contribution >= 0.6 is 11.8 Å². The van der Waals surface area contributed by atoms with Crippen LogP contribution in [0, 0.1) is 6.92 Å². The van der Waals surface area contributed by atoms with Crippen molar-refractivity contribution in [1.82, 2.24) is 0 Å². The monoisotopic (exact) mass is 365 g/mol. The molecule has 3 nitrogen and oxygen atoms in total. The molecule has 0 aliphatic heterocycles. The summed E-state index contributed by atoms with van der Waals surface area (Å²) < 4.78 is 30.1. The van der Waals surface area contributed by atoms with Crippen LogP contribution in [0.5, 0.6) is 5.75 Å². The molecule has 134 valence electrons. The van der Waals surface area contributed by atoms with Gasteiger partial charge in [0.2, 0.25) is 0 Å². The van der Waals surface area contributed by atoms with Crippen LogP contribution in [-0.2, 0) is 4.79 Å². The van der Waals surface area contributed by atoms with Gasteiger partial charge in [-0.2, -0.15) is 8.78 Å². The number of alkyl halides is 2. The van der Waals surface area contributed by atoms with Gasteiger partial charge in [0.15, 0.2) is 6.61 Å². The maximum atomic E-state index is 12.3. The van der Waals surface area contributed by atoms with Crippen molar-refractivity contribution >= 4 is 23.4 Å². The minimum absolute atomic E-state index is 0.117. The second kappa shape index (κ2) is 8.85. The molecule has 0 radical (unpaired) electrons. The molecule has 0 heterocycles. The van der Waals surface area contributed by atoms with E-state index in [2.05, 4.69) is 19.2 Å². The fourth-order valence-corrected chi connectivity index (χ4v) is 2.95. The zero-order valence-corrected chi connectivity index (χ0v) is 15.2. The van der Waals surface area contributed by atoms with Crippen LogP contribution < -0.4 is 10.1 Å². The summed E-state index contributed by atoms with van der Waals surface area (Å²) >= 11 is 0.467. The Balaban J connectivity index is 1.87. The quantitative estimate of drug-likeness (QED) is 0.663. The molecule has 0 aliphatic rings. The second-order valence-electron chi connectivity index (χ2n) is 5.91. The molecule has 0 bridgehead atoms. The molecule has 0 aromatic heterocycles. The first-order chi connectivity index (χ1) is 11.8. The summed E-state index contributed by atoms with van der Waals surface area (Å²) in [5.41, 5.74) is 2.91. The summed E-state index contributed by atoms with van der Waals surface area (Å²) in [4.78, 5) is 12.4. The highest BCUT2D eigenvalue weighted by Gasteiger charge is 2.08. The second-order valence-corrected chi connectivity index (χ2v) is 6.98. The number of anilines is 1. The third-order valence-electron chi connectivity index (χ3n) is 3.60. The zero-order valence-electron chi connectivity index (χ0n) is 14.4. The molecular formula is C19H21F2NO2S. The Morgan fingerprint density at radius 2 is 1.84 bits per heavy atom. The van der Waals surface area contributed by atoms with Crippen molar-refractivity contribution in [3.8, 4) is 5.75 Å². The lowest BCUT2D eigenvalue weighted by atomic mass is 9.98. The van der Waals surface area contributed by atoms with Crippen LogP contribution in [0.15, 0.2) is 47.4 Å². The van der Waals surface area contributed by atoms with E-state index in [-0.39, 0.29) is 12.5 Å². The third-order valence-corrected chi connectivity index (χ3v) is 4.32. The number of rotatable bonds is 7. The van der Waals surface area contributed by atoms with Gasteiger partial charge in [0.05, 0.1) is 0 Å². The van der Waals surface area contributed by atoms with Crippen molar-refractivity contribution in [2.75, 3.05) is 11.9 Å². The number of nitrogens with one attached hydrogen (secondary N) is 1. The average molecular weight is 365 g/mol. The summed E-state index contributed by atoms with van der Waals surface area (Å²) in [6.07, 6.45) is 0. The molecule has 2 rings (SSSR count). The Labute approximate surface area is 150 Å². The molecule has 1 N–H and O–H groups in total. The predicted molar refractivity (Wildman–Crippen MR) is 97.7 cm³/mol. The summed E-state index contributed by atoms with van der Waals surface area (Å²) in [5.74, 6) is -1.69.